The Kier molecular flexibility index (Phi) is 7.41. The lowest BCUT2D eigenvalue weighted by Gasteiger charge is -2.17. The van der Waals surface area contributed by atoms with E-state index >= 15 is 0 Å². The van der Waals surface area contributed by atoms with E-state index < -0.39 is 18.7 Å². The molecule has 2 heterocycles. The molecule has 1 amide bonds. The first kappa shape index (κ1) is 22.4. The molecule has 9 heteroatoms. The van der Waals surface area contributed by atoms with Gasteiger partial charge >= 0.3 is 6.18 Å². The van der Waals surface area contributed by atoms with Crippen LogP contribution in [0.15, 0.2) is 30.5 Å². The Bertz CT molecular complexity index is 823. The second-order valence-corrected chi connectivity index (χ2v) is 7.18. The van der Waals surface area contributed by atoms with Crippen LogP contribution in [0, 0.1) is 12.8 Å². The average molecular weight is 410 g/mol. The molecule has 0 fully saturated rings. The third-order valence-electron chi connectivity index (χ3n) is 3.89. The third-order valence-corrected chi connectivity index (χ3v) is 3.89. The van der Waals surface area contributed by atoms with Crippen LogP contribution < -0.4 is 15.4 Å². The van der Waals surface area contributed by atoms with Crippen LogP contribution in [0.4, 0.5) is 19.0 Å². The summed E-state index contributed by atoms with van der Waals surface area (Å²) in [6, 6.07) is 6.05. The number of rotatable bonds is 8. The Morgan fingerprint density at radius 3 is 2.52 bits per heavy atom. The Morgan fingerprint density at radius 1 is 1.21 bits per heavy atom. The predicted octanol–water partition coefficient (Wildman–Crippen LogP) is 4.29. The van der Waals surface area contributed by atoms with Gasteiger partial charge in [0.2, 0.25) is 0 Å². The van der Waals surface area contributed by atoms with Crippen LogP contribution in [0.25, 0.3) is 0 Å². The SMILES string of the molecule is Cc1cc(C(C)NC(=O)c2ccc(OCC(F)(F)F)cn2)cc(NCC(C)C)n1. The molecule has 2 rings (SSSR count). The number of halogens is 3. The van der Waals surface area contributed by atoms with Gasteiger partial charge in [-0.25, -0.2) is 9.97 Å². The lowest BCUT2D eigenvalue weighted by Crippen LogP contribution is -2.27. The largest absolute Gasteiger partial charge is 0.483 e. The van der Waals surface area contributed by atoms with Crippen LogP contribution in [0.5, 0.6) is 5.75 Å². The Morgan fingerprint density at radius 2 is 1.93 bits per heavy atom. The van der Waals surface area contributed by atoms with Crippen molar-refractivity contribution in [3.63, 3.8) is 0 Å². The molecule has 1 atom stereocenters. The van der Waals surface area contributed by atoms with Crippen molar-refractivity contribution < 1.29 is 22.7 Å². The summed E-state index contributed by atoms with van der Waals surface area (Å²) < 4.78 is 41.1. The van der Waals surface area contributed by atoms with Crippen molar-refractivity contribution in [2.45, 2.75) is 39.9 Å². The fourth-order valence-electron chi connectivity index (χ4n) is 2.46. The fourth-order valence-corrected chi connectivity index (χ4v) is 2.46. The van der Waals surface area contributed by atoms with Crippen molar-refractivity contribution in [3.8, 4) is 5.75 Å². The Hall–Kier alpha value is -2.84. The van der Waals surface area contributed by atoms with E-state index in [0.29, 0.717) is 5.92 Å². The molecule has 29 heavy (non-hydrogen) atoms. The summed E-state index contributed by atoms with van der Waals surface area (Å²) in [4.78, 5) is 20.7. The van der Waals surface area contributed by atoms with E-state index in [9.17, 15) is 18.0 Å². The van der Waals surface area contributed by atoms with Crippen molar-refractivity contribution in [3.05, 3.63) is 47.4 Å². The van der Waals surface area contributed by atoms with Crippen molar-refractivity contribution in [2.75, 3.05) is 18.5 Å². The zero-order valence-electron chi connectivity index (χ0n) is 16.8. The number of carbonyl (C=O) groups is 1. The van der Waals surface area contributed by atoms with Crippen molar-refractivity contribution in [1.29, 1.82) is 0 Å². The number of hydrogen-bond acceptors (Lipinski definition) is 5. The zero-order chi connectivity index (χ0) is 21.6. The molecule has 0 aliphatic rings. The fraction of sp³-hybridized carbons (Fsp3) is 0.450. The van der Waals surface area contributed by atoms with Gasteiger partial charge in [-0.15, -0.1) is 0 Å². The molecule has 0 aliphatic carbocycles. The van der Waals surface area contributed by atoms with E-state index in [1.165, 1.54) is 12.1 Å². The lowest BCUT2D eigenvalue weighted by atomic mass is 10.1. The van der Waals surface area contributed by atoms with Crippen molar-refractivity contribution >= 4 is 11.7 Å². The standard InChI is InChI=1S/C20H25F3N4O2/c1-12(2)9-25-18-8-15(7-13(3)26-18)14(4)27-19(28)17-6-5-16(10-24-17)29-11-20(21,22)23/h5-8,10,12,14H,9,11H2,1-4H3,(H,25,26)(H,27,28). The molecule has 6 nitrogen and oxygen atoms in total. The van der Waals surface area contributed by atoms with Gasteiger partial charge in [0, 0.05) is 12.2 Å². The zero-order valence-corrected chi connectivity index (χ0v) is 16.8. The molecule has 2 aromatic rings. The van der Waals surface area contributed by atoms with Gasteiger partial charge in [-0.05, 0) is 49.6 Å². The van der Waals surface area contributed by atoms with Gasteiger partial charge in [0.25, 0.3) is 5.91 Å². The Balaban J connectivity index is 2.01. The highest BCUT2D eigenvalue weighted by molar-refractivity contribution is 5.92. The molecule has 0 saturated carbocycles. The van der Waals surface area contributed by atoms with Crippen LogP contribution in [0.2, 0.25) is 0 Å². The highest BCUT2D eigenvalue weighted by atomic mass is 19.4. The lowest BCUT2D eigenvalue weighted by molar-refractivity contribution is -0.153. The first-order valence-corrected chi connectivity index (χ1v) is 9.22. The molecule has 1 unspecified atom stereocenters. The summed E-state index contributed by atoms with van der Waals surface area (Å²) in [5.41, 5.74) is 1.78. The summed E-state index contributed by atoms with van der Waals surface area (Å²) in [6.45, 7) is 7.27. The van der Waals surface area contributed by atoms with E-state index in [-0.39, 0.29) is 17.5 Å². The second kappa shape index (κ2) is 9.58. The molecule has 0 bridgehead atoms. The molecule has 0 aliphatic heterocycles. The number of pyridine rings is 2. The number of aryl methyl sites for hydroxylation is 1. The maximum atomic E-state index is 12.4. The summed E-state index contributed by atoms with van der Waals surface area (Å²) in [6.07, 6.45) is -3.34. The highest BCUT2D eigenvalue weighted by Gasteiger charge is 2.28. The molecule has 0 spiro atoms. The maximum Gasteiger partial charge on any atom is 0.422 e. The van der Waals surface area contributed by atoms with Gasteiger partial charge in [0.1, 0.15) is 17.3 Å². The number of amides is 1. The number of nitrogens with zero attached hydrogens (tertiary/aromatic N) is 2. The molecular weight excluding hydrogens is 385 g/mol. The number of aromatic nitrogens is 2. The number of anilines is 1. The second-order valence-electron chi connectivity index (χ2n) is 7.18. The summed E-state index contributed by atoms with van der Waals surface area (Å²) in [5, 5.41) is 6.09. The van der Waals surface area contributed by atoms with Crippen molar-refractivity contribution in [1.82, 2.24) is 15.3 Å². The van der Waals surface area contributed by atoms with E-state index in [0.717, 1.165) is 29.8 Å². The minimum Gasteiger partial charge on any atom is -0.483 e. The summed E-state index contributed by atoms with van der Waals surface area (Å²) in [5.74, 6) is 0.703. The molecule has 0 radical (unpaired) electrons. The highest BCUT2D eigenvalue weighted by Crippen LogP contribution is 2.20. The molecule has 0 saturated heterocycles. The minimum absolute atomic E-state index is 0.0578. The number of hydrogen-bond donors (Lipinski definition) is 2. The molecule has 2 aromatic heterocycles. The van der Waals surface area contributed by atoms with Crippen LogP contribution in [-0.4, -0.2) is 35.2 Å². The average Bonchev–Trinajstić information content (AvgIpc) is 2.64. The molecular formula is C20H25F3N4O2. The Labute approximate surface area is 167 Å². The van der Waals surface area contributed by atoms with Gasteiger partial charge in [-0.1, -0.05) is 13.8 Å². The number of nitrogens with one attached hydrogen (secondary N) is 2. The van der Waals surface area contributed by atoms with Gasteiger partial charge in [-0.3, -0.25) is 4.79 Å². The summed E-state index contributed by atoms with van der Waals surface area (Å²) >= 11 is 0. The van der Waals surface area contributed by atoms with Crippen LogP contribution in [0.1, 0.15) is 48.6 Å². The minimum atomic E-state index is -4.43. The quantitative estimate of drug-likeness (QED) is 0.679. The topological polar surface area (TPSA) is 76.1 Å². The molecule has 158 valence electrons. The number of alkyl halides is 3. The third kappa shape index (κ3) is 7.59. The summed E-state index contributed by atoms with van der Waals surface area (Å²) in [7, 11) is 0. The monoisotopic (exact) mass is 410 g/mol. The van der Waals surface area contributed by atoms with Crippen LogP contribution in [0.3, 0.4) is 0 Å². The number of ether oxygens (including phenoxy) is 1. The van der Waals surface area contributed by atoms with Gasteiger partial charge < -0.3 is 15.4 Å². The number of carbonyl (C=O) groups excluding carboxylic acids is 1. The maximum absolute atomic E-state index is 12.4. The first-order chi connectivity index (χ1) is 13.5. The van der Waals surface area contributed by atoms with Gasteiger partial charge in [0.15, 0.2) is 6.61 Å². The molecule has 0 aromatic carbocycles. The normalized spacial score (nSPS) is 12.6. The predicted molar refractivity (Wildman–Crippen MR) is 104 cm³/mol. The van der Waals surface area contributed by atoms with E-state index in [1.807, 2.05) is 26.0 Å². The van der Waals surface area contributed by atoms with Crippen molar-refractivity contribution in [2.24, 2.45) is 5.92 Å². The van der Waals surface area contributed by atoms with E-state index in [1.54, 1.807) is 0 Å². The van der Waals surface area contributed by atoms with E-state index in [2.05, 4.69) is 39.2 Å². The first-order valence-electron chi connectivity index (χ1n) is 9.22. The molecule has 2 N–H and O–H groups in total. The van der Waals surface area contributed by atoms with Gasteiger partial charge in [-0.2, -0.15) is 13.2 Å². The van der Waals surface area contributed by atoms with E-state index in [4.69, 9.17) is 0 Å². The smallest absolute Gasteiger partial charge is 0.422 e. The van der Waals surface area contributed by atoms with Crippen LogP contribution >= 0.6 is 0 Å². The van der Waals surface area contributed by atoms with Gasteiger partial charge in [0.05, 0.1) is 12.2 Å². The van der Waals surface area contributed by atoms with Crippen LogP contribution in [-0.2, 0) is 0 Å².